The molecule has 0 radical (unpaired) electrons. The zero-order valence-electron chi connectivity index (χ0n) is 13.8. The van der Waals surface area contributed by atoms with Gasteiger partial charge >= 0.3 is 0 Å². The molecule has 0 aliphatic carbocycles. The molecule has 126 valence electrons. The van der Waals surface area contributed by atoms with Crippen LogP contribution in [-0.4, -0.2) is 57.0 Å². The van der Waals surface area contributed by atoms with Crippen molar-refractivity contribution in [3.05, 3.63) is 36.7 Å². The van der Waals surface area contributed by atoms with Crippen molar-refractivity contribution in [1.82, 2.24) is 20.1 Å². The third-order valence-electron chi connectivity index (χ3n) is 3.73. The minimum atomic E-state index is 0.0853. The van der Waals surface area contributed by atoms with E-state index in [0.717, 1.165) is 16.3 Å². The van der Waals surface area contributed by atoms with Gasteiger partial charge in [0.05, 0.1) is 23.7 Å². The van der Waals surface area contributed by atoms with Crippen molar-refractivity contribution >= 4 is 17.7 Å². The maximum atomic E-state index is 12.3. The minimum absolute atomic E-state index is 0.0853. The van der Waals surface area contributed by atoms with Crippen LogP contribution in [0.3, 0.4) is 0 Å². The third kappa shape index (κ3) is 4.30. The van der Waals surface area contributed by atoms with Crippen molar-refractivity contribution in [3.8, 4) is 11.3 Å². The van der Waals surface area contributed by atoms with Gasteiger partial charge in [-0.05, 0) is 38.1 Å². The molecule has 3 rings (SSSR count). The SMILES string of the molecule is CC1CN(C(=O)CSc2ccc(-c3ccncc3)nn2)CC(C)O1. The van der Waals surface area contributed by atoms with Crippen molar-refractivity contribution in [3.63, 3.8) is 0 Å². The van der Waals surface area contributed by atoms with Crippen molar-refractivity contribution in [2.75, 3.05) is 18.8 Å². The minimum Gasteiger partial charge on any atom is -0.372 e. The molecular formula is C17H20N4O2S. The van der Waals surface area contributed by atoms with Crippen molar-refractivity contribution in [1.29, 1.82) is 0 Å². The van der Waals surface area contributed by atoms with E-state index < -0.39 is 0 Å². The number of amides is 1. The van der Waals surface area contributed by atoms with Crippen LogP contribution in [0.2, 0.25) is 0 Å². The number of thioether (sulfide) groups is 1. The lowest BCUT2D eigenvalue weighted by Gasteiger charge is -2.35. The summed E-state index contributed by atoms with van der Waals surface area (Å²) in [5, 5.41) is 9.17. The predicted molar refractivity (Wildman–Crippen MR) is 92.6 cm³/mol. The van der Waals surface area contributed by atoms with Crippen LogP contribution in [0.15, 0.2) is 41.7 Å². The van der Waals surface area contributed by atoms with Gasteiger partial charge in [0.1, 0.15) is 5.03 Å². The summed E-state index contributed by atoms with van der Waals surface area (Å²) in [5.41, 5.74) is 1.77. The molecule has 0 saturated carbocycles. The second-order valence-electron chi connectivity index (χ2n) is 5.84. The Morgan fingerprint density at radius 2 is 1.88 bits per heavy atom. The summed E-state index contributed by atoms with van der Waals surface area (Å²) < 4.78 is 5.66. The summed E-state index contributed by atoms with van der Waals surface area (Å²) in [7, 11) is 0. The van der Waals surface area contributed by atoms with Crippen LogP contribution in [0.5, 0.6) is 0 Å². The Balaban J connectivity index is 1.56. The van der Waals surface area contributed by atoms with E-state index in [1.54, 1.807) is 12.4 Å². The smallest absolute Gasteiger partial charge is 0.233 e. The summed E-state index contributed by atoms with van der Waals surface area (Å²) in [6.45, 7) is 5.28. The van der Waals surface area contributed by atoms with Crippen LogP contribution in [-0.2, 0) is 9.53 Å². The first-order valence-corrected chi connectivity index (χ1v) is 8.90. The van der Waals surface area contributed by atoms with Gasteiger partial charge < -0.3 is 9.64 Å². The van der Waals surface area contributed by atoms with Crippen LogP contribution < -0.4 is 0 Å². The molecule has 0 bridgehead atoms. The van der Waals surface area contributed by atoms with E-state index in [0.29, 0.717) is 18.8 Å². The van der Waals surface area contributed by atoms with Crippen LogP contribution in [0.1, 0.15) is 13.8 Å². The molecule has 1 amide bonds. The average molecular weight is 344 g/mol. The van der Waals surface area contributed by atoms with Gasteiger partial charge in [-0.2, -0.15) is 0 Å². The van der Waals surface area contributed by atoms with Crippen LogP contribution in [0.4, 0.5) is 0 Å². The van der Waals surface area contributed by atoms with Gasteiger partial charge in [0.15, 0.2) is 0 Å². The number of nitrogens with zero attached hydrogens (tertiary/aromatic N) is 4. The van der Waals surface area contributed by atoms with Gasteiger partial charge in [0.25, 0.3) is 0 Å². The Morgan fingerprint density at radius 3 is 2.50 bits per heavy atom. The molecule has 1 fully saturated rings. The number of hydrogen-bond acceptors (Lipinski definition) is 6. The van der Waals surface area contributed by atoms with Crippen molar-refractivity contribution in [2.24, 2.45) is 0 Å². The van der Waals surface area contributed by atoms with Gasteiger partial charge in [0, 0.05) is 31.0 Å². The monoisotopic (exact) mass is 344 g/mol. The standard InChI is InChI=1S/C17H20N4O2S/c1-12-9-21(10-13(2)23-12)17(22)11-24-16-4-3-15(19-20-16)14-5-7-18-8-6-14/h3-8,12-13H,9-11H2,1-2H3. The summed E-state index contributed by atoms with van der Waals surface area (Å²) in [5.74, 6) is 0.477. The zero-order valence-corrected chi connectivity index (χ0v) is 14.6. The fourth-order valence-corrected chi connectivity index (χ4v) is 3.40. The van der Waals surface area contributed by atoms with E-state index in [4.69, 9.17) is 4.74 Å². The summed E-state index contributed by atoms with van der Waals surface area (Å²) in [4.78, 5) is 18.2. The third-order valence-corrected chi connectivity index (χ3v) is 4.64. The zero-order chi connectivity index (χ0) is 16.9. The summed E-state index contributed by atoms with van der Waals surface area (Å²) >= 11 is 1.41. The molecule has 1 saturated heterocycles. The number of ether oxygens (including phenoxy) is 1. The number of morpholine rings is 1. The molecule has 1 aliphatic rings. The highest BCUT2D eigenvalue weighted by Gasteiger charge is 2.25. The lowest BCUT2D eigenvalue weighted by molar-refractivity contribution is -0.140. The fourth-order valence-electron chi connectivity index (χ4n) is 2.68. The first-order chi connectivity index (χ1) is 11.6. The molecule has 2 atom stereocenters. The number of aromatic nitrogens is 3. The Hall–Kier alpha value is -1.99. The Morgan fingerprint density at radius 1 is 1.17 bits per heavy atom. The van der Waals surface area contributed by atoms with Gasteiger partial charge in [0.2, 0.25) is 5.91 Å². The molecule has 6 nitrogen and oxygen atoms in total. The van der Waals surface area contributed by atoms with E-state index in [1.165, 1.54) is 11.8 Å². The Kier molecular flexibility index (Phi) is 5.42. The first kappa shape index (κ1) is 16.9. The average Bonchev–Trinajstić information content (AvgIpc) is 2.60. The first-order valence-electron chi connectivity index (χ1n) is 7.92. The molecule has 3 heterocycles. The Bertz CT molecular complexity index is 671. The highest BCUT2D eigenvalue weighted by Crippen LogP contribution is 2.20. The number of rotatable bonds is 4. The van der Waals surface area contributed by atoms with E-state index in [2.05, 4.69) is 15.2 Å². The number of carbonyl (C=O) groups excluding carboxylic acids is 1. The molecular weight excluding hydrogens is 324 g/mol. The lowest BCUT2D eigenvalue weighted by atomic mass is 10.2. The number of pyridine rings is 1. The maximum absolute atomic E-state index is 12.3. The molecule has 7 heteroatoms. The van der Waals surface area contributed by atoms with Gasteiger partial charge in [-0.15, -0.1) is 10.2 Å². The van der Waals surface area contributed by atoms with Crippen LogP contribution in [0, 0.1) is 0 Å². The van der Waals surface area contributed by atoms with Crippen LogP contribution in [0.25, 0.3) is 11.3 Å². The molecule has 0 N–H and O–H groups in total. The largest absolute Gasteiger partial charge is 0.372 e. The summed E-state index contributed by atoms with van der Waals surface area (Å²) in [6, 6.07) is 7.58. The highest BCUT2D eigenvalue weighted by molar-refractivity contribution is 7.99. The molecule has 0 spiro atoms. The van der Waals surface area contributed by atoms with Gasteiger partial charge in [-0.1, -0.05) is 11.8 Å². The summed E-state index contributed by atoms with van der Waals surface area (Å²) in [6.07, 6.45) is 3.62. The molecule has 2 unspecified atom stereocenters. The molecule has 1 aliphatic heterocycles. The van der Waals surface area contributed by atoms with Crippen molar-refractivity contribution in [2.45, 2.75) is 31.1 Å². The second kappa shape index (κ2) is 7.72. The quantitative estimate of drug-likeness (QED) is 0.793. The van der Waals surface area contributed by atoms with E-state index in [9.17, 15) is 4.79 Å². The van der Waals surface area contributed by atoms with Gasteiger partial charge in [-0.25, -0.2) is 0 Å². The number of hydrogen-bond donors (Lipinski definition) is 0. The fraction of sp³-hybridized carbons (Fsp3) is 0.412. The van der Waals surface area contributed by atoms with Gasteiger partial charge in [-0.3, -0.25) is 9.78 Å². The van der Waals surface area contributed by atoms with E-state index >= 15 is 0 Å². The maximum Gasteiger partial charge on any atom is 0.233 e. The topological polar surface area (TPSA) is 68.2 Å². The molecule has 2 aromatic rings. The predicted octanol–water partition coefficient (Wildman–Crippen LogP) is 2.27. The van der Waals surface area contributed by atoms with Crippen molar-refractivity contribution < 1.29 is 9.53 Å². The molecule has 24 heavy (non-hydrogen) atoms. The number of carbonyl (C=O) groups is 1. The van der Waals surface area contributed by atoms with E-state index in [-0.39, 0.29) is 18.1 Å². The lowest BCUT2D eigenvalue weighted by Crippen LogP contribution is -2.48. The molecule has 0 aromatic carbocycles. The second-order valence-corrected chi connectivity index (χ2v) is 6.83. The Labute approximate surface area is 145 Å². The van der Waals surface area contributed by atoms with E-state index in [1.807, 2.05) is 43.0 Å². The molecule has 2 aromatic heterocycles. The van der Waals surface area contributed by atoms with Crippen LogP contribution >= 0.6 is 11.8 Å². The normalized spacial score (nSPS) is 20.8. The highest BCUT2D eigenvalue weighted by atomic mass is 32.2.